The van der Waals surface area contributed by atoms with Crippen LogP contribution >= 0.6 is 27.3 Å². The van der Waals surface area contributed by atoms with E-state index in [-0.39, 0.29) is 0 Å². The van der Waals surface area contributed by atoms with Gasteiger partial charge in [-0.15, -0.1) is 11.3 Å². The van der Waals surface area contributed by atoms with Crippen molar-refractivity contribution in [2.24, 2.45) is 0 Å². The molecule has 6 heteroatoms. The zero-order valence-corrected chi connectivity index (χ0v) is 10.5. The Labute approximate surface area is 99.7 Å². The highest BCUT2D eigenvalue weighted by molar-refractivity contribution is 9.10. The molecule has 15 heavy (non-hydrogen) atoms. The molecule has 0 radical (unpaired) electrons. The minimum absolute atomic E-state index is 0.646. The van der Waals surface area contributed by atoms with Crippen LogP contribution in [-0.4, -0.2) is 19.9 Å². The first kappa shape index (κ1) is 10.8. The van der Waals surface area contributed by atoms with Crippen molar-refractivity contribution >= 4 is 27.3 Å². The maximum atomic E-state index is 10.1. The van der Waals surface area contributed by atoms with E-state index in [0.29, 0.717) is 4.60 Å². The van der Waals surface area contributed by atoms with Crippen molar-refractivity contribution in [3.63, 3.8) is 0 Å². The molecule has 2 aromatic heterocycles. The van der Waals surface area contributed by atoms with Crippen LogP contribution in [0.15, 0.2) is 22.5 Å². The van der Waals surface area contributed by atoms with Crippen molar-refractivity contribution in [3.8, 4) is 0 Å². The number of aromatic nitrogens is 3. The van der Waals surface area contributed by atoms with Crippen molar-refractivity contribution < 1.29 is 5.11 Å². The summed E-state index contributed by atoms with van der Waals surface area (Å²) in [5.41, 5.74) is 2.49. The van der Waals surface area contributed by atoms with E-state index in [4.69, 9.17) is 0 Å². The fourth-order valence-corrected chi connectivity index (χ4v) is 2.69. The third-order valence-corrected chi connectivity index (χ3v) is 3.87. The number of halogens is 1. The second kappa shape index (κ2) is 4.42. The van der Waals surface area contributed by atoms with E-state index in [1.54, 1.807) is 16.4 Å². The third-order valence-electron chi connectivity index (χ3n) is 2.09. The van der Waals surface area contributed by atoms with E-state index in [0.717, 1.165) is 17.0 Å². The van der Waals surface area contributed by atoms with Gasteiger partial charge in [-0.1, -0.05) is 0 Å². The minimum atomic E-state index is -0.646. The number of nitrogens with zero attached hydrogens (tertiary/aromatic N) is 3. The summed E-state index contributed by atoms with van der Waals surface area (Å²) in [5, 5.41) is 14.2. The van der Waals surface area contributed by atoms with Crippen LogP contribution < -0.4 is 0 Å². The molecule has 0 saturated heterocycles. The van der Waals surface area contributed by atoms with Crippen molar-refractivity contribution in [2.75, 3.05) is 0 Å². The molecule has 2 rings (SSSR count). The molecule has 0 saturated carbocycles. The van der Waals surface area contributed by atoms with E-state index < -0.39 is 6.10 Å². The molecule has 1 atom stereocenters. The molecular weight excluding hydrogens is 278 g/mol. The third kappa shape index (κ3) is 2.11. The van der Waals surface area contributed by atoms with Gasteiger partial charge in [0, 0.05) is 18.3 Å². The summed E-state index contributed by atoms with van der Waals surface area (Å²) in [4.78, 5) is 4.85. The molecule has 0 aliphatic rings. The predicted octanol–water partition coefficient (Wildman–Crippen LogP) is 2.20. The van der Waals surface area contributed by atoms with E-state index in [9.17, 15) is 5.11 Å². The Bertz CT molecular complexity index is 454. The summed E-state index contributed by atoms with van der Waals surface area (Å²) in [5.74, 6) is 0. The molecule has 0 aliphatic carbocycles. The topological polar surface area (TPSA) is 50.9 Å². The normalized spacial score (nSPS) is 13.0. The molecule has 2 aromatic rings. The molecule has 0 aromatic carbocycles. The summed E-state index contributed by atoms with van der Waals surface area (Å²) < 4.78 is 2.48. The average molecular weight is 288 g/mol. The zero-order valence-electron chi connectivity index (χ0n) is 8.09. The maximum Gasteiger partial charge on any atom is 0.123 e. The summed E-state index contributed by atoms with van der Waals surface area (Å²) in [6, 6.07) is 0. The Balaban J connectivity index is 2.28. The van der Waals surface area contributed by atoms with Gasteiger partial charge < -0.3 is 5.11 Å². The van der Waals surface area contributed by atoms with Crippen molar-refractivity contribution in [1.82, 2.24) is 14.8 Å². The maximum absolute atomic E-state index is 10.1. The lowest BCUT2D eigenvalue weighted by Gasteiger charge is -2.05. The Morgan fingerprint density at radius 2 is 2.47 bits per heavy atom. The average Bonchev–Trinajstić information content (AvgIpc) is 2.84. The van der Waals surface area contributed by atoms with Crippen LogP contribution in [0.25, 0.3) is 0 Å². The lowest BCUT2D eigenvalue weighted by atomic mass is 10.2. The molecule has 0 spiro atoms. The first-order chi connectivity index (χ1) is 7.22. The predicted molar refractivity (Wildman–Crippen MR) is 61.8 cm³/mol. The molecule has 0 aliphatic heterocycles. The number of aryl methyl sites for hydroxylation is 1. The summed E-state index contributed by atoms with van der Waals surface area (Å²) in [7, 11) is 0. The van der Waals surface area contributed by atoms with Crippen LogP contribution in [0.3, 0.4) is 0 Å². The smallest absolute Gasteiger partial charge is 0.123 e. The summed E-state index contributed by atoms with van der Waals surface area (Å²) in [6.07, 6.45) is 2.88. The number of hydrogen-bond acceptors (Lipinski definition) is 4. The van der Waals surface area contributed by atoms with Crippen LogP contribution in [0.4, 0.5) is 0 Å². The van der Waals surface area contributed by atoms with Gasteiger partial charge in [0.2, 0.25) is 0 Å². The highest BCUT2D eigenvalue weighted by Gasteiger charge is 2.17. The Hall–Kier alpha value is -0.720. The highest BCUT2D eigenvalue weighted by atomic mass is 79.9. The lowest BCUT2D eigenvalue weighted by Crippen LogP contribution is -1.97. The fraction of sp³-hybridized carbons (Fsp3) is 0.333. The van der Waals surface area contributed by atoms with Gasteiger partial charge in [-0.05, 0) is 22.9 Å². The fourth-order valence-electron chi connectivity index (χ4n) is 1.26. The largest absolute Gasteiger partial charge is 0.383 e. The van der Waals surface area contributed by atoms with Gasteiger partial charge in [0.1, 0.15) is 10.7 Å². The van der Waals surface area contributed by atoms with Crippen molar-refractivity contribution in [2.45, 2.75) is 19.6 Å². The van der Waals surface area contributed by atoms with Gasteiger partial charge in [-0.3, -0.25) is 4.68 Å². The van der Waals surface area contributed by atoms with Crippen LogP contribution in [0, 0.1) is 0 Å². The van der Waals surface area contributed by atoms with Crippen molar-refractivity contribution in [3.05, 3.63) is 32.9 Å². The number of hydrogen-bond donors (Lipinski definition) is 1. The van der Waals surface area contributed by atoms with Crippen molar-refractivity contribution in [1.29, 1.82) is 0 Å². The molecule has 1 N–H and O–H groups in total. The Morgan fingerprint density at radius 1 is 1.67 bits per heavy atom. The van der Waals surface area contributed by atoms with Gasteiger partial charge in [0.05, 0.1) is 16.6 Å². The van der Waals surface area contributed by atoms with E-state index in [1.165, 1.54) is 11.3 Å². The summed E-state index contributed by atoms with van der Waals surface area (Å²) in [6.45, 7) is 2.81. The first-order valence-corrected chi connectivity index (χ1v) is 6.19. The first-order valence-electron chi connectivity index (χ1n) is 4.51. The second-order valence-electron chi connectivity index (χ2n) is 3.04. The Morgan fingerprint density at radius 3 is 3.00 bits per heavy atom. The van der Waals surface area contributed by atoms with Gasteiger partial charge in [0.25, 0.3) is 0 Å². The number of thiazole rings is 1. The van der Waals surface area contributed by atoms with Gasteiger partial charge >= 0.3 is 0 Å². The van der Waals surface area contributed by atoms with Crippen LogP contribution in [0.1, 0.15) is 23.5 Å². The molecule has 1 unspecified atom stereocenters. The van der Waals surface area contributed by atoms with Crippen LogP contribution in [-0.2, 0) is 6.54 Å². The van der Waals surface area contributed by atoms with Crippen LogP contribution in [0.5, 0.6) is 0 Å². The molecule has 0 bridgehead atoms. The number of rotatable bonds is 3. The SMILES string of the molecule is CCn1cc(C(O)c2scnc2Br)cn1. The molecule has 0 fully saturated rings. The van der Waals surface area contributed by atoms with Gasteiger partial charge in [-0.2, -0.15) is 5.10 Å². The van der Waals surface area contributed by atoms with E-state index >= 15 is 0 Å². The molecule has 80 valence electrons. The minimum Gasteiger partial charge on any atom is -0.383 e. The number of aliphatic hydroxyl groups is 1. The van der Waals surface area contributed by atoms with Crippen LogP contribution in [0.2, 0.25) is 0 Å². The monoisotopic (exact) mass is 287 g/mol. The molecule has 0 amide bonds. The van der Waals surface area contributed by atoms with E-state index in [1.807, 2.05) is 13.1 Å². The molecular formula is C9H10BrN3OS. The highest BCUT2D eigenvalue weighted by Crippen LogP contribution is 2.30. The quantitative estimate of drug-likeness (QED) is 0.942. The second-order valence-corrected chi connectivity index (χ2v) is 4.68. The lowest BCUT2D eigenvalue weighted by molar-refractivity contribution is 0.223. The number of aliphatic hydroxyl groups excluding tert-OH is 1. The van der Waals surface area contributed by atoms with Gasteiger partial charge in [-0.25, -0.2) is 4.98 Å². The Kier molecular flexibility index (Phi) is 3.18. The van der Waals surface area contributed by atoms with E-state index in [2.05, 4.69) is 26.0 Å². The molecule has 2 heterocycles. The zero-order chi connectivity index (χ0) is 10.8. The van der Waals surface area contributed by atoms with Gasteiger partial charge in [0.15, 0.2) is 0 Å². The molecule has 4 nitrogen and oxygen atoms in total. The standard InChI is InChI=1S/C9H10BrN3OS/c1-2-13-4-6(3-12-13)7(14)8-9(10)11-5-15-8/h3-5,7,14H,2H2,1H3. The summed E-state index contributed by atoms with van der Waals surface area (Å²) >= 11 is 4.72.